The molecule has 1 aliphatic heterocycles. The largest absolute Gasteiger partial charge is 0.390 e. The molecule has 6 N–H and O–H groups in total. The van der Waals surface area contributed by atoms with Gasteiger partial charge in [0.15, 0.2) is 9.84 Å². The van der Waals surface area contributed by atoms with E-state index < -0.39 is 14.6 Å². The third-order valence-corrected chi connectivity index (χ3v) is 7.72. The van der Waals surface area contributed by atoms with Crippen molar-refractivity contribution >= 4 is 27.4 Å². The Kier molecular flexibility index (Phi) is 9.69. The van der Waals surface area contributed by atoms with E-state index in [0.29, 0.717) is 50.4 Å². The summed E-state index contributed by atoms with van der Waals surface area (Å²) in [5, 5.41) is 11.8. The summed E-state index contributed by atoms with van der Waals surface area (Å²) in [6, 6.07) is 7.07. The third-order valence-electron chi connectivity index (χ3n) is 5.67. The fraction of sp³-hybridized carbons (Fsp3) is 0.545. The number of nitrogens with one attached hydrogen (secondary N) is 4. The molecular weight excluding hydrogens is 442 g/mol. The first kappa shape index (κ1) is 26.6. The molecule has 10 nitrogen and oxygen atoms in total. The molecule has 1 aromatic rings. The Bertz CT molecular complexity index is 951. The van der Waals surface area contributed by atoms with Crippen LogP contribution in [0.25, 0.3) is 0 Å². The minimum Gasteiger partial charge on any atom is -0.390 e. The predicted octanol–water partition coefficient (Wildman–Crippen LogP) is 0.497. The zero-order valence-corrected chi connectivity index (χ0v) is 20.8. The van der Waals surface area contributed by atoms with Gasteiger partial charge in [0.05, 0.1) is 6.54 Å². The number of anilines is 1. The summed E-state index contributed by atoms with van der Waals surface area (Å²) in [4.78, 5) is 18.3. The average Bonchev–Trinajstić information content (AvgIpc) is 2.76. The van der Waals surface area contributed by atoms with E-state index in [1.807, 2.05) is 31.1 Å². The van der Waals surface area contributed by atoms with E-state index in [1.165, 1.54) is 6.26 Å². The number of aliphatic imine (C=N–C) groups is 1. The van der Waals surface area contributed by atoms with Crippen LogP contribution in [0.3, 0.4) is 0 Å². The maximum absolute atomic E-state index is 12.6. The van der Waals surface area contributed by atoms with Crippen molar-refractivity contribution in [3.05, 3.63) is 41.6 Å². The second-order valence-corrected chi connectivity index (χ2v) is 10.8. The number of piperidine rings is 1. The minimum absolute atomic E-state index is 0.253. The quantitative estimate of drug-likeness (QED) is 0.243. The lowest BCUT2D eigenvalue weighted by atomic mass is 9.92. The molecule has 184 valence electrons. The Labute approximate surface area is 197 Å². The number of amidine groups is 1. The van der Waals surface area contributed by atoms with E-state index in [4.69, 9.17) is 5.73 Å². The van der Waals surface area contributed by atoms with Gasteiger partial charge in [0.1, 0.15) is 10.6 Å². The van der Waals surface area contributed by atoms with Gasteiger partial charge in [-0.05, 0) is 57.7 Å². The molecule has 0 spiro atoms. The lowest BCUT2D eigenvalue weighted by Crippen LogP contribution is -2.51. The predicted molar refractivity (Wildman–Crippen MR) is 134 cm³/mol. The van der Waals surface area contributed by atoms with E-state index in [9.17, 15) is 13.2 Å². The van der Waals surface area contributed by atoms with E-state index in [1.54, 1.807) is 25.3 Å². The van der Waals surface area contributed by atoms with Crippen LogP contribution in [0.4, 0.5) is 10.5 Å². The van der Waals surface area contributed by atoms with Crippen LogP contribution in [-0.2, 0) is 16.4 Å². The van der Waals surface area contributed by atoms with E-state index in [2.05, 4.69) is 26.3 Å². The van der Waals surface area contributed by atoms with Crippen molar-refractivity contribution in [2.24, 2.45) is 10.7 Å². The number of hydrogen-bond acceptors (Lipinski definition) is 7. The van der Waals surface area contributed by atoms with Crippen molar-refractivity contribution < 1.29 is 13.2 Å². The van der Waals surface area contributed by atoms with Crippen molar-refractivity contribution in [1.82, 2.24) is 20.9 Å². The highest BCUT2D eigenvalue weighted by Gasteiger charge is 2.45. The Morgan fingerprint density at radius 3 is 2.42 bits per heavy atom. The lowest BCUT2D eigenvalue weighted by Gasteiger charge is -2.37. The maximum atomic E-state index is 12.6. The molecule has 1 heterocycles. The molecule has 0 saturated carbocycles. The zero-order valence-electron chi connectivity index (χ0n) is 19.9. The molecule has 1 aromatic carbocycles. The number of carbonyl (C=O) groups is 1. The van der Waals surface area contributed by atoms with Crippen molar-refractivity contribution in [2.75, 3.05) is 58.9 Å². The van der Waals surface area contributed by atoms with E-state index in [0.717, 1.165) is 12.1 Å². The highest BCUT2D eigenvalue weighted by molar-refractivity contribution is 7.92. The summed E-state index contributed by atoms with van der Waals surface area (Å²) in [5.41, 5.74) is 8.28. The second kappa shape index (κ2) is 12.0. The van der Waals surface area contributed by atoms with Gasteiger partial charge in [-0.2, -0.15) is 0 Å². The number of hydrogen-bond donors (Lipinski definition) is 5. The molecule has 0 atom stereocenters. The number of benzene rings is 1. The van der Waals surface area contributed by atoms with Crippen LogP contribution in [0.15, 0.2) is 41.0 Å². The molecule has 11 heteroatoms. The number of amides is 2. The number of nitrogens with zero attached hydrogens (tertiary/aromatic N) is 2. The fourth-order valence-electron chi connectivity index (χ4n) is 3.74. The summed E-state index contributed by atoms with van der Waals surface area (Å²) >= 11 is 0. The van der Waals surface area contributed by atoms with Gasteiger partial charge in [0.25, 0.3) is 0 Å². The van der Waals surface area contributed by atoms with Gasteiger partial charge in [0.2, 0.25) is 0 Å². The van der Waals surface area contributed by atoms with E-state index in [-0.39, 0.29) is 11.9 Å². The Morgan fingerprint density at radius 1 is 1.24 bits per heavy atom. The third kappa shape index (κ3) is 7.72. The molecule has 0 aromatic heterocycles. The molecule has 2 rings (SSSR count). The van der Waals surface area contributed by atoms with Gasteiger partial charge in [-0.3, -0.25) is 4.99 Å². The highest BCUT2D eigenvalue weighted by atomic mass is 32.2. The van der Waals surface area contributed by atoms with Crippen molar-refractivity contribution in [2.45, 2.75) is 24.1 Å². The normalized spacial score (nSPS) is 17.0. The molecule has 0 bridgehead atoms. The van der Waals surface area contributed by atoms with Crippen LogP contribution >= 0.6 is 0 Å². The number of sulfone groups is 1. The van der Waals surface area contributed by atoms with Crippen LogP contribution in [0.2, 0.25) is 0 Å². The summed E-state index contributed by atoms with van der Waals surface area (Å²) < 4.78 is 24.3. The number of likely N-dealkylation sites (N-methyl/N-ethyl adjacent to an activating group) is 1. The minimum atomic E-state index is -3.36. The van der Waals surface area contributed by atoms with Crippen LogP contribution in [-0.4, -0.2) is 83.5 Å². The van der Waals surface area contributed by atoms with Crippen molar-refractivity contribution in [1.29, 1.82) is 0 Å². The summed E-state index contributed by atoms with van der Waals surface area (Å²) in [6.45, 7) is 2.90. The second-order valence-electron chi connectivity index (χ2n) is 8.45. The number of nitrogens with two attached hydrogens (primary N) is 1. The first-order valence-corrected chi connectivity index (χ1v) is 12.9. The summed E-state index contributed by atoms with van der Waals surface area (Å²) in [6.07, 6.45) is 3.85. The average molecular weight is 480 g/mol. The van der Waals surface area contributed by atoms with Gasteiger partial charge in [-0.25, -0.2) is 13.2 Å². The topological polar surface area (TPSA) is 141 Å². The molecule has 1 saturated heterocycles. The van der Waals surface area contributed by atoms with Crippen LogP contribution in [0.1, 0.15) is 18.4 Å². The first-order valence-electron chi connectivity index (χ1n) is 11.0. The van der Waals surface area contributed by atoms with Crippen LogP contribution in [0, 0.1) is 0 Å². The standard InChI is InChI=1S/C22H37N7O3S/c1-24-19(22(33(4,31)32)9-11-25-12-10-22)15-20(23)27-16-17-5-7-18(8-6-17)28-21(30)26-13-14-29(2)3/h5-8,15,24-25H,9-14,16H2,1-4H3,(H2,23,27)(H2,26,28,30)/b19-15-. The number of urea groups is 1. The monoisotopic (exact) mass is 479 g/mol. The molecule has 33 heavy (non-hydrogen) atoms. The number of carbonyl (C=O) groups excluding carboxylic acids is 1. The van der Waals surface area contributed by atoms with Crippen LogP contribution in [0.5, 0.6) is 0 Å². The van der Waals surface area contributed by atoms with Gasteiger partial charge in [0, 0.05) is 43.9 Å². The Balaban J connectivity index is 2.03. The summed E-state index contributed by atoms with van der Waals surface area (Å²) in [5.74, 6) is 0.253. The molecule has 0 radical (unpaired) electrons. The van der Waals surface area contributed by atoms with Gasteiger partial charge >= 0.3 is 6.03 Å². The number of rotatable bonds is 10. The van der Waals surface area contributed by atoms with Gasteiger partial charge in [-0.1, -0.05) is 12.1 Å². The van der Waals surface area contributed by atoms with Crippen LogP contribution < -0.4 is 27.0 Å². The van der Waals surface area contributed by atoms with Crippen molar-refractivity contribution in [3.8, 4) is 0 Å². The molecule has 2 amide bonds. The Hall–Kier alpha value is -2.63. The Morgan fingerprint density at radius 2 is 1.88 bits per heavy atom. The van der Waals surface area contributed by atoms with Gasteiger partial charge < -0.3 is 31.9 Å². The SMILES string of the molecule is CN/C(=C\C(N)=N/Cc1ccc(NC(=O)NCCN(C)C)cc1)C1(S(C)(=O)=O)CCNCC1. The first-order chi connectivity index (χ1) is 15.6. The lowest BCUT2D eigenvalue weighted by molar-refractivity contribution is 0.250. The summed E-state index contributed by atoms with van der Waals surface area (Å²) in [7, 11) is 2.23. The smallest absolute Gasteiger partial charge is 0.319 e. The zero-order chi connectivity index (χ0) is 24.5. The maximum Gasteiger partial charge on any atom is 0.319 e. The molecule has 0 unspecified atom stereocenters. The van der Waals surface area contributed by atoms with E-state index >= 15 is 0 Å². The molecule has 0 aliphatic carbocycles. The highest BCUT2D eigenvalue weighted by Crippen LogP contribution is 2.33. The fourth-order valence-corrected chi connectivity index (χ4v) is 5.25. The molecule has 1 aliphatic rings. The van der Waals surface area contributed by atoms with Gasteiger partial charge in [-0.15, -0.1) is 0 Å². The molecule has 1 fully saturated rings. The van der Waals surface area contributed by atoms with Crippen molar-refractivity contribution in [3.63, 3.8) is 0 Å². The molecular formula is C22H37N7O3S.